The number of hydrogen-bond acceptors (Lipinski definition) is 6. The molecular formula is C8H9ClN6O2S. The van der Waals surface area contributed by atoms with Gasteiger partial charge in [-0.25, -0.2) is 13.1 Å². The molecule has 0 unspecified atom stereocenters. The van der Waals surface area contributed by atoms with Gasteiger partial charge in [-0.05, 0) is 18.2 Å². The Hall–Kier alpha value is -1.71. The van der Waals surface area contributed by atoms with Crippen molar-refractivity contribution >= 4 is 27.3 Å². The number of aromatic nitrogens is 4. The zero-order valence-electron chi connectivity index (χ0n) is 8.96. The molecule has 8 nitrogen and oxygen atoms in total. The van der Waals surface area contributed by atoms with Gasteiger partial charge in [0.15, 0.2) is 5.82 Å². The molecular weight excluding hydrogens is 280 g/mol. The third-order valence-electron chi connectivity index (χ3n) is 2.09. The van der Waals surface area contributed by atoms with Crippen LogP contribution in [0.5, 0.6) is 0 Å². The van der Waals surface area contributed by atoms with Crippen LogP contribution in [0.25, 0.3) is 0 Å². The number of anilines is 1. The second-order valence-electron chi connectivity index (χ2n) is 3.34. The summed E-state index contributed by atoms with van der Waals surface area (Å²) in [6.45, 7) is -0.0686. The average Bonchev–Trinajstić information content (AvgIpc) is 2.83. The minimum absolute atomic E-state index is 0.0187. The van der Waals surface area contributed by atoms with E-state index in [1.165, 1.54) is 18.2 Å². The smallest absolute Gasteiger partial charge is 0.241 e. The second kappa shape index (κ2) is 4.88. The highest BCUT2D eigenvalue weighted by atomic mass is 35.5. The van der Waals surface area contributed by atoms with Gasteiger partial charge in [0.25, 0.3) is 0 Å². The van der Waals surface area contributed by atoms with Gasteiger partial charge in [0.05, 0.1) is 22.2 Å². The molecule has 0 atom stereocenters. The number of benzene rings is 1. The van der Waals surface area contributed by atoms with E-state index in [0.29, 0.717) is 5.69 Å². The fourth-order valence-electron chi connectivity index (χ4n) is 1.18. The van der Waals surface area contributed by atoms with Crippen molar-refractivity contribution in [3.63, 3.8) is 0 Å². The molecule has 1 aromatic carbocycles. The number of nitrogens with one attached hydrogen (secondary N) is 2. The van der Waals surface area contributed by atoms with Crippen LogP contribution in [0.2, 0.25) is 5.02 Å². The lowest BCUT2D eigenvalue weighted by molar-refractivity contribution is 0.579. The zero-order valence-corrected chi connectivity index (χ0v) is 10.5. The van der Waals surface area contributed by atoms with Crippen LogP contribution in [0.3, 0.4) is 0 Å². The molecule has 0 fully saturated rings. The first-order chi connectivity index (χ1) is 8.49. The summed E-state index contributed by atoms with van der Waals surface area (Å²) in [7, 11) is -3.69. The highest BCUT2D eigenvalue weighted by Crippen LogP contribution is 2.22. The highest BCUT2D eigenvalue weighted by molar-refractivity contribution is 7.89. The van der Waals surface area contributed by atoms with E-state index in [4.69, 9.17) is 17.3 Å². The van der Waals surface area contributed by atoms with Gasteiger partial charge >= 0.3 is 0 Å². The molecule has 0 radical (unpaired) electrons. The van der Waals surface area contributed by atoms with Crippen molar-refractivity contribution in [2.75, 3.05) is 5.73 Å². The maximum Gasteiger partial charge on any atom is 0.241 e. The van der Waals surface area contributed by atoms with E-state index >= 15 is 0 Å². The average molecular weight is 289 g/mol. The first-order valence-electron chi connectivity index (χ1n) is 4.76. The maximum absolute atomic E-state index is 11.9. The van der Waals surface area contributed by atoms with Crippen molar-refractivity contribution < 1.29 is 8.42 Å². The molecule has 1 aromatic heterocycles. The summed E-state index contributed by atoms with van der Waals surface area (Å²) in [4.78, 5) is 0.0187. The number of halogens is 1. The summed E-state index contributed by atoms with van der Waals surface area (Å²) in [5.74, 6) is 0.236. The third kappa shape index (κ3) is 2.75. The number of rotatable bonds is 4. The Bertz CT molecular complexity index is 642. The Labute approximate surface area is 108 Å². The molecule has 0 bridgehead atoms. The van der Waals surface area contributed by atoms with Gasteiger partial charge in [-0.1, -0.05) is 16.8 Å². The molecule has 18 heavy (non-hydrogen) atoms. The van der Waals surface area contributed by atoms with Crippen molar-refractivity contribution in [3.8, 4) is 0 Å². The quantitative estimate of drug-likeness (QED) is 0.675. The van der Waals surface area contributed by atoms with Crippen LogP contribution in [0.15, 0.2) is 23.1 Å². The molecule has 1 heterocycles. The summed E-state index contributed by atoms with van der Waals surface area (Å²) in [6, 6.07) is 4.06. The predicted molar refractivity (Wildman–Crippen MR) is 64.1 cm³/mol. The second-order valence-corrected chi connectivity index (χ2v) is 5.51. The summed E-state index contributed by atoms with van der Waals surface area (Å²) < 4.78 is 26.1. The Morgan fingerprint density at radius 2 is 2.22 bits per heavy atom. The van der Waals surface area contributed by atoms with Crippen LogP contribution in [0.4, 0.5) is 5.69 Å². The summed E-state index contributed by atoms with van der Waals surface area (Å²) >= 11 is 5.76. The maximum atomic E-state index is 11.9. The number of tetrazole rings is 1. The number of sulfonamides is 1. The van der Waals surface area contributed by atoms with E-state index in [9.17, 15) is 8.42 Å². The van der Waals surface area contributed by atoms with Crippen molar-refractivity contribution in [2.24, 2.45) is 0 Å². The van der Waals surface area contributed by atoms with E-state index in [2.05, 4.69) is 25.3 Å². The molecule has 4 N–H and O–H groups in total. The van der Waals surface area contributed by atoms with Gasteiger partial charge in [-0.15, -0.1) is 10.2 Å². The van der Waals surface area contributed by atoms with Gasteiger partial charge in [-0.2, -0.15) is 5.21 Å². The Balaban J connectivity index is 2.17. The lowest BCUT2D eigenvalue weighted by Crippen LogP contribution is -2.23. The number of hydrogen-bond donors (Lipinski definition) is 3. The molecule has 2 rings (SSSR count). The lowest BCUT2D eigenvalue weighted by atomic mass is 10.3. The van der Waals surface area contributed by atoms with E-state index in [1.807, 2.05) is 0 Å². The normalized spacial score (nSPS) is 11.6. The van der Waals surface area contributed by atoms with Crippen LogP contribution < -0.4 is 10.5 Å². The van der Waals surface area contributed by atoms with Crippen LogP contribution in [-0.4, -0.2) is 29.0 Å². The zero-order chi connectivity index (χ0) is 13.2. The summed E-state index contributed by atoms with van der Waals surface area (Å²) in [5.41, 5.74) is 5.82. The van der Waals surface area contributed by atoms with Crippen LogP contribution in [-0.2, 0) is 16.6 Å². The molecule has 0 saturated heterocycles. The number of nitrogen functional groups attached to an aromatic ring is 1. The molecule has 0 saturated carbocycles. The van der Waals surface area contributed by atoms with Crippen molar-refractivity contribution in [3.05, 3.63) is 29.0 Å². The first kappa shape index (κ1) is 12.7. The monoisotopic (exact) mass is 288 g/mol. The fourth-order valence-corrected chi connectivity index (χ4v) is 2.43. The standard InChI is InChI=1S/C8H9ClN6O2S/c9-6-3-5(1-2-7(6)10)18(16,17)11-4-8-12-14-15-13-8/h1-3,11H,4,10H2,(H,12,13,14,15). The molecule has 0 spiro atoms. The van der Waals surface area contributed by atoms with Gasteiger partial charge in [0, 0.05) is 0 Å². The van der Waals surface area contributed by atoms with E-state index in [0.717, 1.165) is 0 Å². The van der Waals surface area contributed by atoms with Gasteiger partial charge in [-0.3, -0.25) is 0 Å². The molecule has 10 heteroatoms. The van der Waals surface area contributed by atoms with Crippen molar-refractivity contribution in [2.45, 2.75) is 11.4 Å². The number of nitrogens with zero attached hydrogens (tertiary/aromatic N) is 3. The van der Waals surface area contributed by atoms with E-state index in [1.54, 1.807) is 0 Å². The van der Waals surface area contributed by atoms with Gasteiger partial charge < -0.3 is 5.73 Å². The van der Waals surface area contributed by atoms with Gasteiger partial charge in [0.2, 0.25) is 10.0 Å². The summed E-state index contributed by atoms with van der Waals surface area (Å²) in [6.07, 6.45) is 0. The van der Waals surface area contributed by atoms with Crippen LogP contribution in [0, 0.1) is 0 Å². The number of aromatic amines is 1. The van der Waals surface area contributed by atoms with E-state index in [-0.39, 0.29) is 22.3 Å². The summed E-state index contributed by atoms with van der Waals surface area (Å²) in [5, 5.41) is 13.0. The topological polar surface area (TPSA) is 127 Å². The first-order valence-corrected chi connectivity index (χ1v) is 6.62. The highest BCUT2D eigenvalue weighted by Gasteiger charge is 2.15. The molecule has 0 aliphatic rings. The molecule has 0 aliphatic carbocycles. The molecule has 2 aromatic rings. The molecule has 0 aliphatic heterocycles. The predicted octanol–water partition coefficient (Wildman–Crippen LogP) is -0.0862. The Morgan fingerprint density at radius 3 is 2.83 bits per heavy atom. The molecule has 96 valence electrons. The number of nitrogens with two attached hydrogens (primary N) is 1. The minimum Gasteiger partial charge on any atom is -0.398 e. The van der Waals surface area contributed by atoms with Gasteiger partial charge in [0.1, 0.15) is 0 Å². The lowest BCUT2D eigenvalue weighted by Gasteiger charge is -2.06. The fraction of sp³-hybridized carbons (Fsp3) is 0.125. The SMILES string of the molecule is Nc1ccc(S(=O)(=O)NCc2nn[nH]n2)cc1Cl. The minimum atomic E-state index is -3.69. The van der Waals surface area contributed by atoms with Crippen molar-refractivity contribution in [1.82, 2.24) is 25.3 Å². The van der Waals surface area contributed by atoms with Crippen LogP contribution in [0.1, 0.15) is 5.82 Å². The Morgan fingerprint density at radius 1 is 1.44 bits per heavy atom. The largest absolute Gasteiger partial charge is 0.398 e. The number of H-pyrrole nitrogens is 1. The molecule has 0 amide bonds. The Kier molecular flexibility index (Phi) is 3.45. The van der Waals surface area contributed by atoms with E-state index < -0.39 is 10.0 Å². The third-order valence-corrected chi connectivity index (χ3v) is 3.82. The van der Waals surface area contributed by atoms with Crippen LogP contribution >= 0.6 is 11.6 Å². The van der Waals surface area contributed by atoms with Crippen molar-refractivity contribution in [1.29, 1.82) is 0 Å².